The molecule has 1 aromatic carbocycles. The van der Waals surface area contributed by atoms with Crippen LogP contribution in [-0.2, 0) is 9.53 Å². The summed E-state index contributed by atoms with van der Waals surface area (Å²) in [6, 6.07) is 4.17. The van der Waals surface area contributed by atoms with Crippen LogP contribution in [0.5, 0.6) is 0 Å². The van der Waals surface area contributed by atoms with E-state index in [1.165, 1.54) is 12.1 Å². The molecule has 1 amide bonds. The van der Waals surface area contributed by atoms with E-state index in [9.17, 15) is 9.18 Å². The summed E-state index contributed by atoms with van der Waals surface area (Å²) in [5, 5.41) is 2.67. The number of rotatable bonds is 2. The molecule has 2 rings (SSSR count). The number of hydrogen-bond acceptors (Lipinski definition) is 2. The Labute approximate surface area is 107 Å². The van der Waals surface area contributed by atoms with E-state index in [4.69, 9.17) is 4.74 Å². The highest BCUT2D eigenvalue weighted by atomic mass is 79.9. The van der Waals surface area contributed by atoms with Gasteiger partial charge in [-0.15, -0.1) is 0 Å². The van der Waals surface area contributed by atoms with E-state index in [0.29, 0.717) is 16.8 Å². The Balaban J connectivity index is 2.04. The van der Waals surface area contributed by atoms with Crippen LogP contribution in [0.15, 0.2) is 22.7 Å². The van der Waals surface area contributed by atoms with Crippen molar-refractivity contribution in [2.24, 2.45) is 0 Å². The molecule has 1 aliphatic heterocycles. The Bertz CT molecular complexity index is 419. The Morgan fingerprint density at radius 1 is 1.47 bits per heavy atom. The molecule has 92 valence electrons. The highest BCUT2D eigenvalue weighted by Crippen LogP contribution is 2.24. The molecule has 1 aromatic rings. The predicted octanol–water partition coefficient (Wildman–Crippen LogP) is 3.10. The summed E-state index contributed by atoms with van der Waals surface area (Å²) in [5.74, 6) is -0.593. The van der Waals surface area contributed by atoms with Gasteiger partial charge in [0.25, 0.3) is 5.91 Å². The van der Waals surface area contributed by atoms with E-state index < -0.39 is 6.10 Å². The molecule has 17 heavy (non-hydrogen) atoms. The van der Waals surface area contributed by atoms with Crippen LogP contribution >= 0.6 is 15.9 Å². The highest BCUT2D eigenvalue weighted by molar-refractivity contribution is 9.10. The average molecular weight is 302 g/mol. The first-order chi connectivity index (χ1) is 8.16. The zero-order valence-electron chi connectivity index (χ0n) is 9.21. The third kappa shape index (κ3) is 3.26. The molecule has 1 N–H and O–H groups in total. The van der Waals surface area contributed by atoms with Crippen molar-refractivity contribution in [3.8, 4) is 0 Å². The number of anilines is 1. The van der Waals surface area contributed by atoms with E-state index in [2.05, 4.69) is 21.2 Å². The lowest BCUT2D eigenvalue weighted by Gasteiger charge is -2.21. The van der Waals surface area contributed by atoms with Gasteiger partial charge in [0, 0.05) is 11.1 Å². The maximum Gasteiger partial charge on any atom is 0.253 e. The standard InChI is InChI=1S/C12H13BrFNO2/c13-9-5-4-8(14)7-10(9)15-12(16)11-3-1-2-6-17-11/h4-5,7,11H,1-3,6H2,(H,15,16). The van der Waals surface area contributed by atoms with E-state index >= 15 is 0 Å². The van der Waals surface area contributed by atoms with Crippen molar-refractivity contribution in [1.29, 1.82) is 0 Å². The summed E-state index contributed by atoms with van der Waals surface area (Å²) in [4.78, 5) is 11.9. The molecule has 0 radical (unpaired) electrons. The fourth-order valence-corrected chi connectivity index (χ4v) is 2.10. The van der Waals surface area contributed by atoms with Gasteiger partial charge in [-0.3, -0.25) is 4.79 Å². The second kappa shape index (κ2) is 5.60. The average Bonchev–Trinajstić information content (AvgIpc) is 2.35. The largest absolute Gasteiger partial charge is 0.368 e. The van der Waals surface area contributed by atoms with Crippen molar-refractivity contribution in [3.05, 3.63) is 28.5 Å². The first-order valence-electron chi connectivity index (χ1n) is 5.54. The van der Waals surface area contributed by atoms with Crippen LogP contribution in [0.4, 0.5) is 10.1 Å². The molecule has 0 saturated carbocycles. The fraction of sp³-hybridized carbons (Fsp3) is 0.417. The molecule has 1 unspecified atom stereocenters. The minimum absolute atomic E-state index is 0.212. The van der Waals surface area contributed by atoms with Crippen molar-refractivity contribution < 1.29 is 13.9 Å². The number of hydrogen-bond donors (Lipinski definition) is 1. The Hall–Kier alpha value is -0.940. The Morgan fingerprint density at radius 2 is 2.29 bits per heavy atom. The van der Waals surface area contributed by atoms with Crippen molar-refractivity contribution in [2.75, 3.05) is 11.9 Å². The van der Waals surface area contributed by atoms with E-state index in [1.807, 2.05) is 0 Å². The molecule has 0 spiro atoms. The third-order valence-corrected chi connectivity index (χ3v) is 3.35. The van der Waals surface area contributed by atoms with Gasteiger partial charge in [0.2, 0.25) is 0 Å². The minimum Gasteiger partial charge on any atom is -0.368 e. The van der Waals surface area contributed by atoms with Crippen LogP contribution < -0.4 is 5.32 Å². The van der Waals surface area contributed by atoms with Crippen LogP contribution in [0, 0.1) is 5.82 Å². The second-order valence-corrected chi connectivity index (χ2v) is 4.82. The summed E-state index contributed by atoms with van der Waals surface area (Å²) < 4.78 is 19.1. The van der Waals surface area contributed by atoms with Gasteiger partial charge >= 0.3 is 0 Å². The maximum atomic E-state index is 13.0. The monoisotopic (exact) mass is 301 g/mol. The van der Waals surface area contributed by atoms with Crippen molar-refractivity contribution >= 4 is 27.5 Å². The highest BCUT2D eigenvalue weighted by Gasteiger charge is 2.22. The molecule has 3 nitrogen and oxygen atoms in total. The summed E-state index contributed by atoms with van der Waals surface area (Å²) in [7, 11) is 0. The SMILES string of the molecule is O=C(Nc1cc(F)ccc1Br)C1CCCCO1. The quantitative estimate of drug-likeness (QED) is 0.911. The van der Waals surface area contributed by atoms with Gasteiger partial charge in [-0.2, -0.15) is 0 Å². The van der Waals surface area contributed by atoms with Crippen LogP contribution in [0.1, 0.15) is 19.3 Å². The lowest BCUT2D eigenvalue weighted by atomic mass is 10.1. The lowest BCUT2D eigenvalue weighted by molar-refractivity contribution is -0.129. The molecule has 1 aliphatic rings. The number of ether oxygens (including phenoxy) is 1. The molecule has 1 heterocycles. The van der Waals surface area contributed by atoms with Gasteiger partial charge in [-0.1, -0.05) is 0 Å². The first-order valence-corrected chi connectivity index (χ1v) is 6.33. The predicted molar refractivity (Wildman–Crippen MR) is 66.3 cm³/mol. The Kier molecular flexibility index (Phi) is 4.12. The van der Waals surface area contributed by atoms with Crippen molar-refractivity contribution in [3.63, 3.8) is 0 Å². The van der Waals surface area contributed by atoms with Crippen LogP contribution in [0.25, 0.3) is 0 Å². The maximum absolute atomic E-state index is 13.0. The van der Waals surface area contributed by atoms with Gasteiger partial charge in [0.15, 0.2) is 0 Å². The topological polar surface area (TPSA) is 38.3 Å². The van der Waals surface area contributed by atoms with Gasteiger partial charge in [0.1, 0.15) is 11.9 Å². The summed E-state index contributed by atoms with van der Waals surface area (Å²) in [6.07, 6.45) is 2.29. The number of carbonyl (C=O) groups is 1. The minimum atomic E-state index is -0.418. The summed E-state index contributed by atoms with van der Waals surface area (Å²) >= 11 is 3.26. The normalized spacial score (nSPS) is 20.0. The Morgan fingerprint density at radius 3 is 3.00 bits per heavy atom. The molecule has 5 heteroatoms. The summed E-state index contributed by atoms with van der Waals surface area (Å²) in [6.45, 7) is 0.613. The number of halogens is 2. The van der Waals surface area contributed by atoms with Crippen LogP contribution in [0.3, 0.4) is 0 Å². The van der Waals surface area contributed by atoms with E-state index in [-0.39, 0.29) is 11.7 Å². The fourth-order valence-electron chi connectivity index (χ4n) is 1.75. The van der Waals surface area contributed by atoms with Gasteiger partial charge in [-0.05, 0) is 53.4 Å². The lowest BCUT2D eigenvalue weighted by Crippen LogP contribution is -2.33. The number of carbonyl (C=O) groups excluding carboxylic acids is 1. The molecule has 0 aliphatic carbocycles. The molecule has 0 aromatic heterocycles. The first kappa shape index (κ1) is 12.5. The summed E-state index contributed by atoms with van der Waals surface area (Å²) in [5.41, 5.74) is 0.434. The molecule has 1 saturated heterocycles. The smallest absolute Gasteiger partial charge is 0.253 e. The molecule has 1 atom stereocenters. The second-order valence-electron chi connectivity index (χ2n) is 3.97. The van der Waals surface area contributed by atoms with Gasteiger partial charge < -0.3 is 10.1 Å². The molecule has 0 bridgehead atoms. The van der Waals surface area contributed by atoms with Crippen molar-refractivity contribution in [1.82, 2.24) is 0 Å². The molecule has 1 fully saturated rings. The number of nitrogens with one attached hydrogen (secondary N) is 1. The number of amides is 1. The van der Waals surface area contributed by atoms with Crippen LogP contribution in [-0.4, -0.2) is 18.6 Å². The molecular weight excluding hydrogens is 289 g/mol. The van der Waals surface area contributed by atoms with Crippen LogP contribution in [0.2, 0.25) is 0 Å². The number of benzene rings is 1. The van der Waals surface area contributed by atoms with E-state index in [1.54, 1.807) is 6.07 Å². The van der Waals surface area contributed by atoms with Crippen molar-refractivity contribution in [2.45, 2.75) is 25.4 Å². The van der Waals surface area contributed by atoms with Gasteiger partial charge in [0.05, 0.1) is 5.69 Å². The third-order valence-electron chi connectivity index (χ3n) is 2.66. The molecular formula is C12H13BrFNO2. The van der Waals surface area contributed by atoms with E-state index in [0.717, 1.165) is 19.3 Å². The van der Waals surface area contributed by atoms with Gasteiger partial charge in [-0.25, -0.2) is 4.39 Å². The zero-order chi connectivity index (χ0) is 12.3. The zero-order valence-corrected chi connectivity index (χ0v) is 10.8.